The third kappa shape index (κ3) is 9.61. The van der Waals surface area contributed by atoms with Crippen molar-refractivity contribution in [1.82, 2.24) is 0 Å². The number of hydrogen-bond donors (Lipinski definition) is 1. The van der Waals surface area contributed by atoms with Gasteiger partial charge in [0.05, 0.1) is 32.5 Å². The zero-order chi connectivity index (χ0) is 38.1. The summed E-state index contributed by atoms with van der Waals surface area (Å²) in [7, 11) is 0. The lowest BCUT2D eigenvalue weighted by Crippen LogP contribution is -2.65. The number of aliphatic hydroxyl groups is 1. The Bertz CT molecular complexity index is 1890. The van der Waals surface area contributed by atoms with E-state index in [4.69, 9.17) is 37.9 Å². The fourth-order valence-corrected chi connectivity index (χ4v) is 8.49. The van der Waals surface area contributed by atoms with Gasteiger partial charge in [0.25, 0.3) is 0 Å². The highest BCUT2D eigenvalue weighted by Gasteiger charge is 2.54. The van der Waals surface area contributed by atoms with Crippen LogP contribution in [0.3, 0.4) is 0 Å². The second-order valence-corrected chi connectivity index (χ2v) is 15.4. The number of hydrogen-bond acceptors (Lipinski definition) is 10. The lowest BCUT2D eigenvalue weighted by Gasteiger charge is -2.50. The smallest absolute Gasteiger partial charge is 0.187 e. The zero-order valence-electron chi connectivity index (χ0n) is 31.2. The molecule has 1 N–H and O–H groups in total. The number of thioether (sulfide) groups is 1. The summed E-state index contributed by atoms with van der Waals surface area (Å²) in [5.41, 5.74) is 3.25. The van der Waals surface area contributed by atoms with Gasteiger partial charge < -0.3 is 43.0 Å². The third-order valence-electron chi connectivity index (χ3n) is 10.3. The maximum absolute atomic E-state index is 12.3. The normalized spacial score (nSPS) is 30.4. The van der Waals surface area contributed by atoms with Crippen molar-refractivity contribution in [2.24, 2.45) is 0 Å². The van der Waals surface area contributed by atoms with Crippen LogP contribution in [0.4, 0.5) is 0 Å². The molecule has 7 unspecified atom stereocenters. The van der Waals surface area contributed by atoms with Crippen molar-refractivity contribution in [3.05, 3.63) is 174 Å². The summed E-state index contributed by atoms with van der Waals surface area (Å²) in [6, 6.07) is 49.7. The van der Waals surface area contributed by atoms with Crippen molar-refractivity contribution < 1.29 is 43.0 Å². The largest absolute Gasteiger partial charge is 0.387 e. The first-order valence-corrected chi connectivity index (χ1v) is 20.1. The summed E-state index contributed by atoms with van der Waals surface area (Å²) in [6.45, 7) is 3.16. The van der Waals surface area contributed by atoms with Gasteiger partial charge in [-0.1, -0.05) is 151 Å². The molecular weight excluding hydrogens is 729 g/mol. The summed E-state index contributed by atoms with van der Waals surface area (Å²) < 4.78 is 53.3. The molecule has 8 rings (SSSR count). The molecule has 9 nitrogen and oxygen atoms in total. The van der Waals surface area contributed by atoms with Crippen molar-refractivity contribution in [3.8, 4) is 0 Å². The van der Waals surface area contributed by atoms with Gasteiger partial charge in [-0.15, -0.1) is 0 Å². The summed E-state index contributed by atoms with van der Waals surface area (Å²) in [5, 5.41) is 12.3. The molecule has 0 aliphatic carbocycles. The predicted molar refractivity (Wildman–Crippen MR) is 211 cm³/mol. The molecule has 0 radical (unpaired) electrons. The second kappa shape index (κ2) is 19.0. The topological polar surface area (TPSA) is 94.1 Å². The molecule has 0 spiro atoms. The van der Waals surface area contributed by atoms with E-state index in [1.807, 2.05) is 159 Å². The standard InChI is InChI=1S/C46H48O9S/c1-31-39(48-27-32-17-7-2-8-18-32)42(49-28-33-19-9-3-10-20-33)43(50-29-34-21-11-4-12-22-34)45(52-31)55-41-38(47)40-37(53-46(41)56-36-25-15-6-16-26-36)30-51-44(54-40)35-23-13-5-14-24-35/h2-26,31,37-47H,27-30H2,1H3/t31?,37?,38?,39-,40-,41?,42?,43?,44?,45-,46-/m0/s1. The van der Waals surface area contributed by atoms with Crippen LogP contribution >= 0.6 is 11.8 Å². The molecule has 0 amide bonds. The Labute approximate surface area is 332 Å². The van der Waals surface area contributed by atoms with Crippen LogP contribution in [0.2, 0.25) is 0 Å². The molecule has 5 aromatic carbocycles. The molecule has 292 valence electrons. The molecule has 56 heavy (non-hydrogen) atoms. The van der Waals surface area contributed by atoms with Crippen LogP contribution in [0.5, 0.6) is 0 Å². The van der Waals surface area contributed by atoms with Crippen LogP contribution in [0.15, 0.2) is 157 Å². The Kier molecular flexibility index (Phi) is 13.2. The van der Waals surface area contributed by atoms with Gasteiger partial charge >= 0.3 is 0 Å². The van der Waals surface area contributed by atoms with Crippen LogP contribution in [-0.2, 0) is 57.7 Å². The summed E-state index contributed by atoms with van der Waals surface area (Å²) in [4.78, 5) is 0.963. The van der Waals surface area contributed by atoms with Gasteiger partial charge in [-0.05, 0) is 35.7 Å². The number of rotatable bonds is 14. The van der Waals surface area contributed by atoms with E-state index in [1.165, 1.54) is 11.8 Å². The Hall–Kier alpha value is -3.91. The highest BCUT2D eigenvalue weighted by atomic mass is 32.2. The fourth-order valence-electron chi connectivity index (χ4n) is 7.35. The Balaban J connectivity index is 1.10. The van der Waals surface area contributed by atoms with Crippen molar-refractivity contribution in [2.45, 2.75) is 98.5 Å². The molecular formula is C46H48O9S. The van der Waals surface area contributed by atoms with E-state index in [0.29, 0.717) is 13.2 Å². The number of benzene rings is 5. The number of fused-ring (bicyclic) bond motifs is 1. The number of ether oxygens (including phenoxy) is 8. The summed E-state index contributed by atoms with van der Waals surface area (Å²) in [5.74, 6) is 0. The first-order valence-electron chi connectivity index (χ1n) is 19.2. The van der Waals surface area contributed by atoms with Gasteiger partial charge in [0, 0.05) is 10.5 Å². The van der Waals surface area contributed by atoms with Crippen LogP contribution in [0.25, 0.3) is 0 Å². The summed E-state index contributed by atoms with van der Waals surface area (Å²) in [6.07, 6.45) is -7.28. The van der Waals surface area contributed by atoms with E-state index in [1.54, 1.807) is 0 Å². The molecule has 0 aromatic heterocycles. The highest BCUT2D eigenvalue weighted by Crippen LogP contribution is 2.42. The minimum Gasteiger partial charge on any atom is -0.387 e. The van der Waals surface area contributed by atoms with Gasteiger partial charge in [0.1, 0.15) is 48.2 Å². The lowest BCUT2D eigenvalue weighted by molar-refractivity contribution is -0.364. The Morgan fingerprint density at radius 3 is 1.64 bits per heavy atom. The van der Waals surface area contributed by atoms with Gasteiger partial charge in [0.15, 0.2) is 12.6 Å². The fraction of sp³-hybridized carbons (Fsp3) is 0.348. The first-order chi connectivity index (χ1) is 27.6. The minimum atomic E-state index is -1.10. The lowest BCUT2D eigenvalue weighted by atomic mass is 9.96. The van der Waals surface area contributed by atoms with Crippen molar-refractivity contribution in [1.29, 1.82) is 0 Å². The highest BCUT2D eigenvalue weighted by molar-refractivity contribution is 7.99. The van der Waals surface area contributed by atoms with E-state index in [-0.39, 0.29) is 13.2 Å². The van der Waals surface area contributed by atoms with Crippen LogP contribution in [0.1, 0.15) is 35.5 Å². The van der Waals surface area contributed by atoms with E-state index >= 15 is 0 Å². The van der Waals surface area contributed by atoms with Crippen LogP contribution in [-0.4, -0.2) is 72.3 Å². The van der Waals surface area contributed by atoms with Gasteiger partial charge in [0.2, 0.25) is 0 Å². The molecule has 3 saturated heterocycles. The van der Waals surface area contributed by atoms with E-state index in [9.17, 15) is 5.11 Å². The molecule has 5 aromatic rings. The summed E-state index contributed by atoms with van der Waals surface area (Å²) >= 11 is 1.47. The van der Waals surface area contributed by atoms with Gasteiger partial charge in [-0.2, -0.15) is 0 Å². The van der Waals surface area contributed by atoms with E-state index in [2.05, 4.69) is 0 Å². The van der Waals surface area contributed by atoms with Gasteiger partial charge in [-0.25, -0.2) is 0 Å². The molecule has 3 heterocycles. The number of aliphatic hydroxyl groups excluding tert-OH is 1. The van der Waals surface area contributed by atoms with Gasteiger partial charge in [-0.3, -0.25) is 0 Å². The SMILES string of the molecule is CC1O[C@@H](OC2C(O)[C@H]3OC(c4ccccc4)OCC3O[C@H]2Sc2ccccc2)C(OCc2ccccc2)C(OCc2ccccc2)[C@H]1OCc1ccccc1. The maximum Gasteiger partial charge on any atom is 0.187 e. The third-order valence-corrected chi connectivity index (χ3v) is 11.4. The maximum atomic E-state index is 12.3. The molecule has 3 fully saturated rings. The molecule has 0 bridgehead atoms. The molecule has 10 heteroatoms. The molecule has 3 aliphatic rings. The quantitative estimate of drug-likeness (QED) is 0.120. The second-order valence-electron chi connectivity index (χ2n) is 14.2. The molecule has 11 atom stereocenters. The zero-order valence-corrected chi connectivity index (χ0v) is 32.1. The van der Waals surface area contributed by atoms with Crippen LogP contribution in [0, 0.1) is 0 Å². The van der Waals surface area contributed by atoms with Crippen molar-refractivity contribution >= 4 is 11.8 Å². The average Bonchev–Trinajstić information content (AvgIpc) is 3.25. The van der Waals surface area contributed by atoms with E-state index < -0.39 is 66.8 Å². The first kappa shape index (κ1) is 38.9. The Morgan fingerprint density at radius 2 is 1.07 bits per heavy atom. The van der Waals surface area contributed by atoms with Crippen molar-refractivity contribution in [2.75, 3.05) is 6.61 Å². The van der Waals surface area contributed by atoms with Crippen LogP contribution < -0.4 is 0 Å². The Morgan fingerprint density at radius 1 is 0.571 bits per heavy atom. The monoisotopic (exact) mass is 776 g/mol. The average molecular weight is 777 g/mol. The van der Waals surface area contributed by atoms with Crippen molar-refractivity contribution in [3.63, 3.8) is 0 Å². The predicted octanol–water partition coefficient (Wildman–Crippen LogP) is 7.86. The van der Waals surface area contributed by atoms with E-state index in [0.717, 1.165) is 27.1 Å². The molecule has 3 aliphatic heterocycles. The minimum absolute atomic E-state index is 0.246. The molecule has 0 saturated carbocycles.